The van der Waals surface area contributed by atoms with Crippen LogP contribution in [0.3, 0.4) is 0 Å². The van der Waals surface area contributed by atoms with Gasteiger partial charge in [-0.1, -0.05) is 0 Å². The topological polar surface area (TPSA) is 36.9 Å². The van der Waals surface area contributed by atoms with Crippen LogP contribution in [0.5, 0.6) is 0 Å². The minimum atomic E-state index is -0.203. The summed E-state index contributed by atoms with van der Waals surface area (Å²) in [5, 5.41) is 0. The Balaban J connectivity index is 1.86. The molecule has 0 aromatic heterocycles. The van der Waals surface area contributed by atoms with Crippen molar-refractivity contribution < 1.29 is 18.9 Å². The van der Waals surface area contributed by atoms with Gasteiger partial charge in [0.25, 0.3) is 0 Å². The van der Waals surface area contributed by atoms with Crippen LogP contribution in [0.15, 0.2) is 11.8 Å². The van der Waals surface area contributed by atoms with Crippen LogP contribution >= 0.6 is 11.8 Å². The Labute approximate surface area is 125 Å². The first-order valence-electron chi connectivity index (χ1n) is 7.16. The third-order valence-electron chi connectivity index (χ3n) is 5.17. The van der Waals surface area contributed by atoms with Gasteiger partial charge in [0.05, 0.1) is 31.3 Å². The summed E-state index contributed by atoms with van der Waals surface area (Å²) in [5.41, 5.74) is -0.231. The number of methoxy groups -OCH3 is 2. The van der Waals surface area contributed by atoms with Gasteiger partial charge < -0.3 is 18.9 Å². The molecule has 0 aromatic carbocycles. The Kier molecular flexibility index (Phi) is 3.82. The fourth-order valence-electron chi connectivity index (χ4n) is 4.01. The van der Waals surface area contributed by atoms with E-state index in [1.54, 1.807) is 7.11 Å². The van der Waals surface area contributed by atoms with E-state index >= 15 is 0 Å². The highest BCUT2D eigenvalue weighted by Crippen LogP contribution is 2.65. The van der Waals surface area contributed by atoms with E-state index in [1.165, 1.54) is 0 Å². The fourth-order valence-corrected chi connectivity index (χ4v) is 4.98. The maximum absolute atomic E-state index is 5.88. The van der Waals surface area contributed by atoms with E-state index in [4.69, 9.17) is 18.9 Å². The number of ether oxygens (including phenoxy) is 4. The Morgan fingerprint density at radius 2 is 2.05 bits per heavy atom. The fraction of sp³-hybridized carbons (Fsp3) is 0.867. The molecule has 3 aliphatic rings. The van der Waals surface area contributed by atoms with Crippen molar-refractivity contribution in [2.45, 2.75) is 25.2 Å². The van der Waals surface area contributed by atoms with Crippen molar-refractivity contribution in [1.29, 1.82) is 0 Å². The lowest BCUT2D eigenvalue weighted by Crippen LogP contribution is -2.38. The van der Waals surface area contributed by atoms with Crippen molar-refractivity contribution in [3.8, 4) is 0 Å². The predicted octanol–water partition coefficient (Wildman–Crippen LogP) is 2.29. The van der Waals surface area contributed by atoms with Crippen LogP contribution in [0.4, 0.5) is 0 Å². The third-order valence-corrected chi connectivity index (χ3v) is 5.91. The molecular weight excluding hydrogens is 276 g/mol. The molecule has 3 rings (SSSR count). The SMILES string of the molecule is COC1=C[C@@H]2[C@H](C[C@]1(C)C1OCCO1)[C@]2(CSC)OC. The lowest BCUT2D eigenvalue weighted by molar-refractivity contribution is -0.133. The molecule has 1 saturated heterocycles. The molecule has 1 heterocycles. The van der Waals surface area contributed by atoms with Gasteiger partial charge in [0, 0.05) is 18.8 Å². The number of hydrogen-bond acceptors (Lipinski definition) is 5. The minimum Gasteiger partial charge on any atom is -0.501 e. The molecule has 0 amide bonds. The summed E-state index contributed by atoms with van der Waals surface area (Å²) in [7, 11) is 3.57. The molecule has 2 fully saturated rings. The van der Waals surface area contributed by atoms with Gasteiger partial charge in [0.1, 0.15) is 5.76 Å². The molecule has 1 aliphatic heterocycles. The van der Waals surface area contributed by atoms with Gasteiger partial charge in [0.2, 0.25) is 0 Å². The quantitative estimate of drug-likeness (QED) is 0.779. The Morgan fingerprint density at radius 1 is 1.35 bits per heavy atom. The van der Waals surface area contributed by atoms with Crippen molar-refractivity contribution in [2.24, 2.45) is 17.3 Å². The molecule has 0 aromatic rings. The molecule has 0 bridgehead atoms. The number of rotatable bonds is 5. The molecule has 2 aliphatic carbocycles. The van der Waals surface area contributed by atoms with Gasteiger partial charge in [0.15, 0.2) is 6.29 Å². The van der Waals surface area contributed by atoms with Crippen LogP contribution in [0.1, 0.15) is 13.3 Å². The van der Waals surface area contributed by atoms with E-state index in [9.17, 15) is 0 Å². The zero-order valence-corrected chi connectivity index (χ0v) is 13.5. The highest BCUT2D eigenvalue weighted by atomic mass is 32.2. The van der Waals surface area contributed by atoms with E-state index in [0.717, 1.165) is 17.9 Å². The van der Waals surface area contributed by atoms with Crippen LogP contribution in [-0.4, -0.2) is 51.3 Å². The standard InChI is InChI=1S/C15H24O4S/c1-14(13-18-5-6-19-13)8-11-10(7-12(14)16-2)15(11,17-3)9-20-4/h7,10-11,13H,5-6,8-9H2,1-4H3/t10-,11+,14+,15-/m1/s1. The zero-order valence-electron chi connectivity index (χ0n) is 12.7. The van der Waals surface area contributed by atoms with Crippen molar-refractivity contribution in [1.82, 2.24) is 0 Å². The van der Waals surface area contributed by atoms with E-state index in [-0.39, 0.29) is 17.3 Å². The van der Waals surface area contributed by atoms with E-state index in [0.29, 0.717) is 25.0 Å². The van der Waals surface area contributed by atoms with Crippen LogP contribution < -0.4 is 0 Å². The number of thioether (sulfide) groups is 1. The van der Waals surface area contributed by atoms with E-state index in [1.807, 2.05) is 18.9 Å². The molecule has 0 spiro atoms. The Morgan fingerprint density at radius 3 is 2.60 bits per heavy atom. The molecule has 0 unspecified atom stereocenters. The minimum absolute atomic E-state index is 0.0282. The molecule has 4 atom stereocenters. The Hall–Kier alpha value is -0.230. The van der Waals surface area contributed by atoms with Crippen LogP contribution in [0, 0.1) is 17.3 Å². The molecule has 1 saturated carbocycles. The number of fused-ring (bicyclic) bond motifs is 1. The summed E-state index contributed by atoms with van der Waals surface area (Å²) in [6, 6.07) is 0. The predicted molar refractivity (Wildman–Crippen MR) is 78.6 cm³/mol. The molecule has 5 heteroatoms. The highest BCUT2D eigenvalue weighted by molar-refractivity contribution is 7.98. The van der Waals surface area contributed by atoms with Crippen LogP contribution in [0.2, 0.25) is 0 Å². The first kappa shape index (κ1) is 14.7. The molecule has 114 valence electrons. The summed E-state index contributed by atoms with van der Waals surface area (Å²) < 4.78 is 23.1. The van der Waals surface area contributed by atoms with Crippen molar-refractivity contribution in [3.05, 3.63) is 11.8 Å². The largest absolute Gasteiger partial charge is 0.501 e. The molecular formula is C15H24O4S. The summed E-state index contributed by atoms with van der Waals surface area (Å²) in [6.45, 7) is 3.53. The van der Waals surface area contributed by atoms with Crippen molar-refractivity contribution in [2.75, 3.05) is 39.4 Å². The third kappa shape index (κ3) is 1.94. The van der Waals surface area contributed by atoms with Crippen LogP contribution in [0.25, 0.3) is 0 Å². The molecule has 4 nitrogen and oxygen atoms in total. The van der Waals surface area contributed by atoms with Crippen molar-refractivity contribution >= 4 is 11.8 Å². The van der Waals surface area contributed by atoms with Gasteiger partial charge in [-0.2, -0.15) is 11.8 Å². The second-order valence-electron chi connectivity index (χ2n) is 6.15. The second-order valence-corrected chi connectivity index (χ2v) is 7.02. The highest BCUT2D eigenvalue weighted by Gasteiger charge is 2.69. The van der Waals surface area contributed by atoms with Gasteiger partial charge in [-0.05, 0) is 31.6 Å². The monoisotopic (exact) mass is 300 g/mol. The smallest absolute Gasteiger partial charge is 0.170 e. The Bertz CT molecular complexity index is 407. The maximum atomic E-state index is 5.88. The maximum Gasteiger partial charge on any atom is 0.170 e. The van der Waals surface area contributed by atoms with Gasteiger partial charge >= 0.3 is 0 Å². The van der Waals surface area contributed by atoms with E-state index < -0.39 is 0 Å². The zero-order chi connectivity index (χ0) is 14.4. The lowest BCUT2D eigenvalue weighted by Gasteiger charge is -2.37. The molecule has 20 heavy (non-hydrogen) atoms. The average Bonchev–Trinajstić information content (AvgIpc) is 2.85. The first-order valence-corrected chi connectivity index (χ1v) is 8.55. The van der Waals surface area contributed by atoms with Gasteiger partial charge in [-0.3, -0.25) is 0 Å². The molecule has 0 N–H and O–H groups in total. The summed E-state index contributed by atoms with van der Waals surface area (Å²) in [5.74, 6) is 3.01. The van der Waals surface area contributed by atoms with Gasteiger partial charge in [-0.15, -0.1) is 0 Å². The average molecular weight is 300 g/mol. The summed E-state index contributed by atoms with van der Waals surface area (Å²) >= 11 is 1.85. The number of hydrogen-bond donors (Lipinski definition) is 0. The normalized spacial score (nSPS) is 44.1. The summed E-state index contributed by atoms with van der Waals surface area (Å²) in [4.78, 5) is 0. The second kappa shape index (κ2) is 5.20. The van der Waals surface area contributed by atoms with Gasteiger partial charge in [-0.25, -0.2) is 0 Å². The molecule has 0 radical (unpaired) electrons. The van der Waals surface area contributed by atoms with Crippen molar-refractivity contribution in [3.63, 3.8) is 0 Å². The van der Waals surface area contributed by atoms with E-state index in [2.05, 4.69) is 19.3 Å². The first-order chi connectivity index (χ1) is 9.62. The van der Waals surface area contributed by atoms with Crippen LogP contribution in [-0.2, 0) is 18.9 Å². The lowest BCUT2D eigenvalue weighted by atomic mass is 9.78. The summed E-state index contributed by atoms with van der Waals surface area (Å²) in [6.07, 6.45) is 5.18.